The molecule has 2 aliphatic heterocycles. The topological polar surface area (TPSA) is 84.9 Å². The Morgan fingerprint density at radius 3 is 2.56 bits per heavy atom. The Kier molecular flexibility index (Phi) is 6.77. The van der Waals surface area contributed by atoms with Crippen molar-refractivity contribution in [2.24, 2.45) is 0 Å². The van der Waals surface area contributed by atoms with E-state index in [-0.39, 0.29) is 30.8 Å². The zero-order chi connectivity index (χ0) is 25.1. The number of amides is 2. The maximum absolute atomic E-state index is 13.6. The maximum Gasteiger partial charge on any atom is 0.252 e. The standard InChI is InChI=1S/C28H25FN2O5/c29-20-11-9-18(10-12-20)15-23(28(34)31-14-13-25-26(31)24(32)17-35-25)30-27(33)19-5-4-8-22(16-19)36-21-6-2-1-3-7-21/h1-12,16,23,25-26H,13-15,17H2,(H,30,33). The summed E-state index contributed by atoms with van der Waals surface area (Å²) < 4.78 is 24.8. The van der Waals surface area contributed by atoms with E-state index in [0.717, 1.165) is 0 Å². The number of halogens is 1. The van der Waals surface area contributed by atoms with Crippen molar-refractivity contribution in [3.05, 3.63) is 95.8 Å². The van der Waals surface area contributed by atoms with Gasteiger partial charge in [-0.3, -0.25) is 14.4 Å². The summed E-state index contributed by atoms with van der Waals surface area (Å²) in [6.07, 6.45) is 0.405. The fraction of sp³-hybridized carbons (Fsp3) is 0.250. The van der Waals surface area contributed by atoms with Crippen LogP contribution in [-0.2, 0) is 20.7 Å². The summed E-state index contributed by atoms with van der Waals surface area (Å²) in [5.74, 6) is -0.243. The van der Waals surface area contributed by atoms with Gasteiger partial charge in [-0.15, -0.1) is 0 Å². The zero-order valence-corrected chi connectivity index (χ0v) is 19.4. The molecule has 36 heavy (non-hydrogen) atoms. The van der Waals surface area contributed by atoms with Crippen LogP contribution in [0.5, 0.6) is 11.5 Å². The SMILES string of the molecule is O=C(NC(Cc1ccc(F)cc1)C(=O)N1CCC2OCC(=O)C21)c1cccc(Oc2ccccc2)c1. The Labute approximate surface area is 207 Å². The Hall–Kier alpha value is -4.04. The van der Waals surface area contributed by atoms with E-state index in [0.29, 0.717) is 35.6 Å². The number of nitrogens with one attached hydrogen (secondary N) is 1. The lowest BCUT2D eigenvalue weighted by molar-refractivity contribution is -0.138. The molecule has 3 aromatic carbocycles. The smallest absolute Gasteiger partial charge is 0.252 e. The molecule has 0 aromatic heterocycles. The molecule has 0 radical (unpaired) electrons. The quantitative estimate of drug-likeness (QED) is 0.550. The highest BCUT2D eigenvalue weighted by Crippen LogP contribution is 2.28. The Morgan fingerprint density at radius 2 is 1.78 bits per heavy atom. The van der Waals surface area contributed by atoms with Crippen LogP contribution in [0, 0.1) is 5.82 Å². The van der Waals surface area contributed by atoms with Crippen LogP contribution >= 0.6 is 0 Å². The van der Waals surface area contributed by atoms with Gasteiger partial charge in [-0.2, -0.15) is 0 Å². The minimum atomic E-state index is -0.950. The second kappa shape index (κ2) is 10.3. The average molecular weight is 489 g/mol. The van der Waals surface area contributed by atoms with Gasteiger partial charge < -0.3 is 19.7 Å². The van der Waals surface area contributed by atoms with Crippen LogP contribution in [0.1, 0.15) is 22.3 Å². The first-order chi connectivity index (χ1) is 17.5. The summed E-state index contributed by atoms with van der Waals surface area (Å²) in [4.78, 5) is 40.7. The number of rotatable bonds is 7. The van der Waals surface area contributed by atoms with Gasteiger partial charge in [-0.25, -0.2) is 4.39 Å². The van der Waals surface area contributed by atoms with Crippen molar-refractivity contribution in [3.63, 3.8) is 0 Å². The summed E-state index contributed by atoms with van der Waals surface area (Å²) in [5.41, 5.74) is 1.00. The molecular formula is C28H25FN2O5. The van der Waals surface area contributed by atoms with Crippen LogP contribution in [0.4, 0.5) is 4.39 Å². The molecule has 3 unspecified atom stereocenters. The first-order valence-corrected chi connectivity index (χ1v) is 11.8. The lowest BCUT2D eigenvalue weighted by Gasteiger charge is -2.27. The third-order valence-electron chi connectivity index (χ3n) is 6.43. The fourth-order valence-corrected chi connectivity index (χ4v) is 4.66. The van der Waals surface area contributed by atoms with Crippen molar-refractivity contribution >= 4 is 17.6 Å². The molecule has 0 spiro atoms. The number of carbonyl (C=O) groups excluding carboxylic acids is 3. The number of hydrogen-bond donors (Lipinski definition) is 1. The lowest BCUT2D eigenvalue weighted by Crippen LogP contribution is -2.53. The summed E-state index contributed by atoms with van der Waals surface area (Å²) in [7, 11) is 0. The van der Waals surface area contributed by atoms with E-state index >= 15 is 0 Å². The summed E-state index contributed by atoms with van der Waals surface area (Å²) in [6, 6.07) is 20.0. The van der Waals surface area contributed by atoms with E-state index in [9.17, 15) is 18.8 Å². The first kappa shape index (κ1) is 23.7. The van der Waals surface area contributed by atoms with Crippen molar-refractivity contribution in [2.45, 2.75) is 31.0 Å². The number of benzene rings is 3. The molecule has 2 amide bonds. The number of hydrogen-bond acceptors (Lipinski definition) is 5. The molecule has 2 fully saturated rings. The van der Waals surface area contributed by atoms with Crippen LogP contribution in [0.2, 0.25) is 0 Å². The second-order valence-electron chi connectivity index (χ2n) is 8.88. The normalized spacial score (nSPS) is 19.6. The number of ether oxygens (including phenoxy) is 2. The van der Waals surface area contributed by atoms with Gasteiger partial charge >= 0.3 is 0 Å². The molecule has 1 N–H and O–H groups in total. The highest BCUT2D eigenvalue weighted by Gasteiger charge is 2.48. The first-order valence-electron chi connectivity index (χ1n) is 11.8. The van der Waals surface area contributed by atoms with Crippen molar-refractivity contribution < 1.29 is 28.2 Å². The summed E-state index contributed by atoms with van der Waals surface area (Å²) >= 11 is 0. The minimum absolute atomic E-state index is 0.0116. The Bertz CT molecular complexity index is 1260. The van der Waals surface area contributed by atoms with Gasteiger partial charge in [0.05, 0.1) is 6.10 Å². The number of Topliss-reactive ketones (excluding diaryl/α,β-unsaturated/α-hetero) is 1. The van der Waals surface area contributed by atoms with E-state index in [4.69, 9.17) is 9.47 Å². The number of carbonyl (C=O) groups is 3. The lowest BCUT2D eigenvalue weighted by atomic mass is 10.0. The minimum Gasteiger partial charge on any atom is -0.457 e. The second-order valence-corrected chi connectivity index (χ2v) is 8.88. The third kappa shape index (κ3) is 5.13. The number of nitrogens with zero attached hydrogens (tertiary/aromatic N) is 1. The van der Waals surface area contributed by atoms with Gasteiger partial charge in [0, 0.05) is 18.5 Å². The molecule has 3 atom stereocenters. The Morgan fingerprint density at radius 1 is 1.03 bits per heavy atom. The molecule has 0 saturated carbocycles. The van der Waals surface area contributed by atoms with E-state index in [1.165, 1.54) is 17.0 Å². The van der Waals surface area contributed by atoms with Gasteiger partial charge in [0.15, 0.2) is 5.78 Å². The molecule has 184 valence electrons. The maximum atomic E-state index is 13.6. The molecule has 2 aliphatic rings. The summed E-state index contributed by atoms with van der Waals surface area (Å²) in [5, 5.41) is 2.83. The third-order valence-corrected chi connectivity index (χ3v) is 6.43. The van der Waals surface area contributed by atoms with E-state index in [1.54, 1.807) is 36.4 Å². The van der Waals surface area contributed by atoms with Crippen LogP contribution in [0.3, 0.4) is 0 Å². The van der Waals surface area contributed by atoms with Gasteiger partial charge in [0.25, 0.3) is 5.91 Å². The van der Waals surface area contributed by atoms with Gasteiger partial charge in [0.1, 0.15) is 36.0 Å². The van der Waals surface area contributed by atoms with E-state index in [1.807, 2.05) is 30.3 Å². The fourth-order valence-electron chi connectivity index (χ4n) is 4.66. The molecule has 2 saturated heterocycles. The molecule has 7 nitrogen and oxygen atoms in total. The predicted molar refractivity (Wildman–Crippen MR) is 129 cm³/mol. The molecule has 8 heteroatoms. The molecule has 5 rings (SSSR count). The van der Waals surface area contributed by atoms with Crippen molar-refractivity contribution in [1.82, 2.24) is 10.2 Å². The largest absolute Gasteiger partial charge is 0.457 e. The van der Waals surface area contributed by atoms with Crippen LogP contribution in [0.25, 0.3) is 0 Å². The Balaban J connectivity index is 1.36. The average Bonchev–Trinajstić information content (AvgIpc) is 3.48. The van der Waals surface area contributed by atoms with Crippen LogP contribution in [0.15, 0.2) is 78.9 Å². The molecule has 2 heterocycles. The molecule has 0 aliphatic carbocycles. The molecular weight excluding hydrogens is 463 g/mol. The van der Waals surface area contributed by atoms with Crippen molar-refractivity contribution in [1.29, 1.82) is 0 Å². The van der Waals surface area contributed by atoms with Crippen molar-refractivity contribution in [3.8, 4) is 11.5 Å². The van der Waals surface area contributed by atoms with E-state index < -0.39 is 23.8 Å². The van der Waals surface area contributed by atoms with Crippen molar-refractivity contribution in [2.75, 3.05) is 13.2 Å². The molecule has 3 aromatic rings. The number of fused-ring (bicyclic) bond motifs is 1. The molecule has 0 bridgehead atoms. The predicted octanol–water partition coefficient (Wildman–Crippen LogP) is 3.53. The van der Waals surface area contributed by atoms with Gasteiger partial charge in [-0.1, -0.05) is 36.4 Å². The number of ketones is 1. The highest BCUT2D eigenvalue weighted by molar-refractivity contribution is 5.99. The van der Waals surface area contributed by atoms with Crippen LogP contribution < -0.4 is 10.1 Å². The zero-order valence-electron chi connectivity index (χ0n) is 19.4. The van der Waals surface area contributed by atoms with Crippen LogP contribution in [-0.4, -0.2) is 53.8 Å². The van der Waals surface area contributed by atoms with Gasteiger partial charge in [0.2, 0.25) is 5.91 Å². The summed E-state index contributed by atoms with van der Waals surface area (Å²) in [6.45, 7) is 0.360. The monoisotopic (exact) mass is 488 g/mol. The number of para-hydroxylation sites is 1. The highest BCUT2D eigenvalue weighted by atomic mass is 19.1. The van der Waals surface area contributed by atoms with Gasteiger partial charge in [-0.05, 0) is 54.4 Å². The number of likely N-dealkylation sites (tertiary alicyclic amines) is 1. The van der Waals surface area contributed by atoms with E-state index in [2.05, 4.69) is 5.32 Å².